The van der Waals surface area contributed by atoms with E-state index in [1.807, 2.05) is 0 Å². The van der Waals surface area contributed by atoms with Gasteiger partial charge in [-0.3, -0.25) is 6.08 Å². The summed E-state index contributed by atoms with van der Waals surface area (Å²) in [6.07, 6.45) is 47.6. The summed E-state index contributed by atoms with van der Waals surface area (Å²) in [6.45, 7) is 19.1. The van der Waals surface area contributed by atoms with E-state index in [-0.39, 0.29) is 58.9 Å². The summed E-state index contributed by atoms with van der Waals surface area (Å²) in [5.74, 6) is 0.489. The molecular formula is C63H99Cl3SiTi. The quantitative estimate of drug-likeness (QED) is 0.0237. The second-order valence-electron chi connectivity index (χ2n) is 20.5. The van der Waals surface area contributed by atoms with Gasteiger partial charge in [0.05, 0.1) is 8.07 Å². The van der Waals surface area contributed by atoms with Crippen molar-refractivity contribution in [2.45, 2.75) is 261 Å². The summed E-state index contributed by atoms with van der Waals surface area (Å²) in [7, 11) is -2.89. The van der Waals surface area contributed by atoms with Crippen LogP contribution in [0, 0.1) is 12.0 Å². The van der Waals surface area contributed by atoms with Gasteiger partial charge in [0.1, 0.15) is 0 Å². The number of allylic oxidation sites excluding steroid dienone is 4. The second kappa shape index (κ2) is 39.5. The maximum atomic E-state index is 4.11. The molecule has 68 heavy (non-hydrogen) atoms. The Labute approximate surface area is 456 Å². The Kier molecular flexibility index (Phi) is 38.9. The first-order chi connectivity index (χ1) is 31.4. The molecule has 0 spiro atoms. The maximum Gasteiger partial charge on any atom is 4.00 e. The molecule has 0 heterocycles. The molecule has 0 amide bonds. The minimum absolute atomic E-state index is 0. The van der Waals surface area contributed by atoms with Crippen molar-refractivity contribution in [1.82, 2.24) is 0 Å². The molecule has 1 aliphatic carbocycles. The van der Waals surface area contributed by atoms with Crippen LogP contribution < -0.4 is 52.8 Å². The van der Waals surface area contributed by atoms with Crippen LogP contribution in [0.5, 0.6) is 0 Å². The van der Waals surface area contributed by atoms with Gasteiger partial charge in [-0.15, -0.1) is 6.42 Å². The van der Waals surface area contributed by atoms with Gasteiger partial charge in [0.15, 0.2) is 0 Å². The van der Waals surface area contributed by atoms with Crippen LogP contribution in [-0.4, -0.2) is 8.07 Å². The Morgan fingerprint density at radius 2 is 0.632 bits per heavy atom. The van der Waals surface area contributed by atoms with Crippen molar-refractivity contribution in [2.75, 3.05) is 0 Å². The molecule has 5 heteroatoms. The van der Waals surface area contributed by atoms with Crippen molar-refractivity contribution in [1.29, 1.82) is 0 Å². The number of unbranched alkanes of at least 4 members (excludes halogenated alkanes) is 18. The fourth-order valence-electron chi connectivity index (χ4n) is 10.8. The molecule has 1 atom stereocenters. The summed E-state index contributed by atoms with van der Waals surface area (Å²) >= 11 is 0. The van der Waals surface area contributed by atoms with Crippen LogP contribution >= 0.6 is 0 Å². The Balaban J connectivity index is 0.0000112. The largest absolute Gasteiger partial charge is 4.00 e. The molecule has 3 aromatic rings. The van der Waals surface area contributed by atoms with Crippen LogP contribution in [0.15, 0.2) is 71.4 Å². The molecule has 0 nitrogen and oxygen atoms in total. The first kappa shape index (κ1) is 66.9. The zero-order valence-electron chi connectivity index (χ0n) is 45.1. The van der Waals surface area contributed by atoms with Gasteiger partial charge in [-0.05, 0) is 110 Å². The third kappa shape index (κ3) is 21.6. The van der Waals surface area contributed by atoms with Crippen molar-refractivity contribution in [2.24, 2.45) is 5.92 Å². The molecule has 0 saturated carbocycles. The molecule has 0 aliphatic heterocycles. The average molecular weight is 1040 g/mol. The molecule has 1 aliphatic rings. The zero-order valence-corrected chi connectivity index (χ0v) is 49.9. The molecule has 0 saturated heterocycles. The molecule has 0 radical (unpaired) electrons. The topological polar surface area (TPSA) is 0 Å². The molecule has 0 bridgehead atoms. The van der Waals surface area contributed by atoms with Gasteiger partial charge in [-0.2, -0.15) is 11.3 Å². The summed E-state index contributed by atoms with van der Waals surface area (Å²) in [5, 5.41) is 6.69. The van der Waals surface area contributed by atoms with Crippen LogP contribution in [0.2, 0.25) is 0 Å². The number of halogens is 3. The third-order valence-electron chi connectivity index (χ3n) is 14.8. The van der Waals surface area contributed by atoms with Gasteiger partial charge < -0.3 is 37.2 Å². The van der Waals surface area contributed by atoms with E-state index in [1.54, 1.807) is 59.7 Å². The Bertz CT molecular complexity index is 1550. The number of rotatable bonds is 36. The first-order valence-corrected chi connectivity index (χ1v) is 30.1. The zero-order chi connectivity index (χ0) is 45.8. The van der Waals surface area contributed by atoms with Gasteiger partial charge in [0.2, 0.25) is 0 Å². The SMILES string of the molecule is CCCCCCc1cc(CCCCCC)cc([Si](C2=CC[C-]=C2C(C)CC)(c2cc(CCCCCC)cc(CCCCCC)c2)c2cc(CCCCCC)cc(CCCCCC)c2)c1.[Cl-].[Cl-].[Cl-].[Ti+4]. The van der Waals surface area contributed by atoms with Crippen molar-refractivity contribution in [3.63, 3.8) is 0 Å². The number of hydrogen-bond acceptors (Lipinski definition) is 0. The van der Waals surface area contributed by atoms with Crippen LogP contribution in [0.4, 0.5) is 0 Å². The van der Waals surface area contributed by atoms with Gasteiger partial charge >= 0.3 is 21.7 Å². The van der Waals surface area contributed by atoms with E-state index in [0.29, 0.717) is 5.92 Å². The summed E-state index contributed by atoms with van der Waals surface area (Å²) in [6, 6.07) is 24.8. The third-order valence-corrected chi connectivity index (χ3v) is 19.5. The molecule has 0 aromatic heterocycles. The van der Waals surface area contributed by atoms with Crippen LogP contribution in [-0.2, 0) is 60.2 Å². The van der Waals surface area contributed by atoms with Gasteiger partial charge in [0, 0.05) is 0 Å². The van der Waals surface area contributed by atoms with E-state index in [0.717, 1.165) is 12.8 Å². The summed E-state index contributed by atoms with van der Waals surface area (Å²) in [5.41, 5.74) is 11.1. The molecule has 0 fully saturated rings. The van der Waals surface area contributed by atoms with Crippen molar-refractivity contribution < 1.29 is 58.9 Å². The summed E-state index contributed by atoms with van der Waals surface area (Å²) in [4.78, 5) is 0. The average Bonchev–Trinajstić information content (AvgIpc) is 3.80. The monoisotopic (exact) mass is 1040 g/mol. The smallest absolute Gasteiger partial charge is 1.00 e. The fraction of sp³-hybridized carbons (Fsp3) is 0.651. The number of aryl methyl sites for hydroxylation is 6. The maximum absolute atomic E-state index is 4.11. The van der Waals surface area contributed by atoms with E-state index < -0.39 is 8.07 Å². The predicted octanol–water partition coefficient (Wildman–Crippen LogP) is 8.55. The Hall–Kier alpha value is -1.06. The molecule has 1 unspecified atom stereocenters. The standard InChI is InChI=1S/C63H99Si.3ClH.Ti/c1-9-16-22-28-35-53-43-54(36-29-23-17-10-2)47-59(46-53)64(63-42-34-41-62(63)52(8)15-7,60-48-55(37-30-24-18-11-3)44-56(49-60)38-31-25-19-12-4)61-50-57(39-32-26-20-13-5)45-58(51-61)40-33-27-21-14-6;;;;/h42-52H,9-40H2,1-8H3;3*1H;/q-1;;;;+4/p-3. The van der Waals surface area contributed by atoms with Crippen molar-refractivity contribution >= 4 is 23.6 Å². The van der Waals surface area contributed by atoms with E-state index in [9.17, 15) is 0 Å². The fourth-order valence-corrected chi connectivity index (χ4v) is 16.3. The van der Waals surface area contributed by atoms with E-state index >= 15 is 0 Å². The molecular weight excluding hydrogens is 939 g/mol. The van der Waals surface area contributed by atoms with E-state index in [4.69, 9.17) is 0 Å². The van der Waals surface area contributed by atoms with E-state index in [1.165, 1.54) is 193 Å². The molecule has 0 N–H and O–H groups in total. The predicted molar refractivity (Wildman–Crippen MR) is 290 cm³/mol. The molecule has 3 aromatic carbocycles. The second-order valence-corrected chi connectivity index (χ2v) is 24.2. The molecule has 380 valence electrons. The van der Waals surface area contributed by atoms with E-state index in [2.05, 4.69) is 122 Å². The minimum atomic E-state index is -2.89. The van der Waals surface area contributed by atoms with Gasteiger partial charge in [-0.25, -0.2) is 5.57 Å². The normalized spacial score (nSPS) is 12.6. The Morgan fingerprint density at radius 3 is 0.853 bits per heavy atom. The Morgan fingerprint density at radius 1 is 0.382 bits per heavy atom. The minimum Gasteiger partial charge on any atom is -1.00 e. The molecule has 4 rings (SSSR count). The van der Waals surface area contributed by atoms with Crippen LogP contribution in [0.3, 0.4) is 0 Å². The van der Waals surface area contributed by atoms with Crippen LogP contribution in [0.25, 0.3) is 0 Å². The number of benzene rings is 3. The van der Waals surface area contributed by atoms with Gasteiger partial charge in [0.25, 0.3) is 0 Å². The first-order valence-electron chi connectivity index (χ1n) is 28.1. The van der Waals surface area contributed by atoms with Crippen molar-refractivity contribution in [3.8, 4) is 0 Å². The summed E-state index contributed by atoms with van der Waals surface area (Å²) < 4.78 is 0. The van der Waals surface area contributed by atoms with Crippen molar-refractivity contribution in [3.05, 3.63) is 111 Å². The van der Waals surface area contributed by atoms with Crippen LogP contribution in [0.1, 0.15) is 256 Å². The number of hydrogen-bond donors (Lipinski definition) is 0. The van der Waals surface area contributed by atoms with Gasteiger partial charge in [-0.1, -0.05) is 253 Å².